The Hall–Kier alpha value is -4.79. The molecule has 0 amide bonds. The van der Waals surface area contributed by atoms with Crippen molar-refractivity contribution in [1.82, 2.24) is 19.9 Å². The highest BCUT2D eigenvalue weighted by molar-refractivity contribution is 6.09. The summed E-state index contributed by atoms with van der Waals surface area (Å²) >= 11 is 0. The monoisotopic (exact) mass is 620 g/mol. The number of ether oxygens (including phenoxy) is 1. The van der Waals surface area contributed by atoms with Gasteiger partial charge >= 0.3 is 11.9 Å². The maximum atomic E-state index is 13.8. The number of Topliss-reactive ketones (excluding diaryl/α,β-unsaturated/α-hetero) is 1. The molecule has 0 saturated carbocycles. The molecule has 0 aromatic carbocycles. The number of rotatable bonds is 7. The van der Waals surface area contributed by atoms with Gasteiger partial charge in [0, 0.05) is 69.5 Å². The van der Waals surface area contributed by atoms with Gasteiger partial charge in [-0.05, 0) is 74.1 Å². The molecule has 46 heavy (non-hydrogen) atoms. The van der Waals surface area contributed by atoms with Gasteiger partial charge in [-0.15, -0.1) is 0 Å². The van der Waals surface area contributed by atoms with Gasteiger partial charge in [0.2, 0.25) is 0 Å². The van der Waals surface area contributed by atoms with E-state index >= 15 is 0 Å². The van der Waals surface area contributed by atoms with Gasteiger partial charge in [-0.2, -0.15) is 0 Å². The van der Waals surface area contributed by atoms with Crippen LogP contribution in [-0.4, -0.2) is 49.9 Å². The Balaban J connectivity index is 1.81. The normalized spacial score (nSPS) is 19.0. The highest BCUT2D eigenvalue weighted by Crippen LogP contribution is 2.47. The zero-order chi connectivity index (χ0) is 33.0. The molecule has 0 fully saturated rings. The largest absolute Gasteiger partial charge is 0.481 e. The van der Waals surface area contributed by atoms with Crippen molar-refractivity contribution in [2.45, 2.75) is 84.5 Å². The number of methoxy groups -OCH3 is 1. The fourth-order valence-corrected chi connectivity index (χ4v) is 7.52. The number of aromatic nitrogens is 4. The Morgan fingerprint density at radius 1 is 1.07 bits per heavy atom. The minimum atomic E-state index is -0.884. The number of carboxylic acid groups (broad SMARTS) is 1. The number of aryl methyl sites for hydroxylation is 2. The number of aliphatic carboxylic acids is 1. The third-order valence-electron chi connectivity index (χ3n) is 10.1. The van der Waals surface area contributed by atoms with Gasteiger partial charge in [-0.25, -0.2) is 4.98 Å². The zero-order valence-corrected chi connectivity index (χ0v) is 27.3. The number of carboxylic acids is 1. The van der Waals surface area contributed by atoms with Crippen LogP contribution in [0.1, 0.15) is 126 Å². The lowest BCUT2D eigenvalue weighted by Crippen LogP contribution is -2.20. The van der Waals surface area contributed by atoms with E-state index in [1.54, 1.807) is 0 Å². The number of nitrogens with one attached hydrogen (secondary N) is 2. The van der Waals surface area contributed by atoms with E-state index in [1.807, 2.05) is 32.1 Å². The lowest BCUT2D eigenvalue weighted by atomic mass is 9.77. The molecule has 3 aromatic heterocycles. The molecule has 3 atom stereocenters. The van der Waals surface area contributed by atoms with Crippen molar-refractivity contribution in [3.05, 3.63) is 75.4 Å². The third-order valence-corrected chi connectivity index (χ3v) is 10.1. The van der Waals surface area contributed by atoms with Crippen LogP contribution in [0.25, 0.3) is 39.3 Å². The lowest BCUT2D eigenvalue weighted by molar-refractivity contribution is -0.141. The van der Waals surface area contributed by atoms with Crippen LogP contribution < -0.4 is 0 Å². The van der Waals surface area contributed by atoms with E-state index < -0.39 is 17.9 Å². The van der Waals surface area contributed by atoms with Gasteiger partial charge in [0.1, 0.15) is 0 Å². The maximum absolute atomic E-state index is 13.8. The number of aromatic amines is 2. The summed E-state index contributed by atoms with van der Waals surface area (Å²) in [5.41, 5.74) is 12.8. The fourth-order valence-electron chi connectivity index (χ4n) is 7.52. The van der Waals surface area contributed by atoms with Crippen LogP contribution in [0.3, 0.4) is 0 Å². The van der Waals surface area contributed by atoms with Gasteiger partial charge in [0.15, 0.2) is 5.78 Å². The van der Waals surface area contributed by atoms with Crippen molar-refractivity contribution in [2.24, 2.45) is 0 Å². The molecule has 238 valence electrons. The van der Waals surface area contributed by atoms with Crippen LogP contribution in [0.4, 0.5) is 0 Å². The maximum Gasteiger partial charge on any atom is 0.306 e. The molecule has 2 unspecified atom stereocenters. The van der Waals surface area contributed by atoms with Crippen LogP contribution in [0.15, 0.2) is 24.8 Å². The second-order valence-corrected chi connectivity index (χ2v) is 12.6. The number of H-pyrrole nitrogens is 2. The highest BCUT2D eigenvalue weighted by Gasteiger charge is 2.38. The summed E-state index contributed by atoms with van der Waals surface area (Å²) in [6.45, 7) is 14.3. The van der Waals surface area contributed by atoms with Crippen LogP contribution >= 0.6 is 0 Å². The van der Waals surface area contributed by atoms with Gasteiger partial charge in [0.25, 0.3) is 0 Å². The van der Waals surface area contributed by atoms with E-state index in [9.17, 15) is 19.5 Å². The summed E-state index contributed by atoms with van der Waals surface area (Å²) in [7, 11) is 1.34. The molecular weight excluding hydrogens is 580 g/mol. The number of carbonyl (C=O) groups excluding carboxylic acids is 2. The van der Waals surface area contributed by atoms with Crippen LogP contribution in [0, 0.1) is 13.8 Å². The predicted octanol–water partition coefficient (Wildman–Crippen LogP) is 7.90. The Morgan fingerprint density at radius 3 is 2.46 bits per heavy atom. The summed E-state index contributed by atoms with van der Waals surface area (Å²) in [5.74, 6) is -2.18. The molecule has 0 saturated heterocycles. The molecule has 1 aliphatic carbocycles. The first-order valence-corrected chi connectivity index (χ1v) is 15.9. The van der Waals surface area contributed by atoms with Gasteiger partial charge in [-0.1, -0.05) is 26.5 Å². The second-order valence-electron chi connectivity index (χ2n) is 12.6. The number of nitrogens with zero attached hydrogens (tertiary/aromatic N) is 2. The first kappa shape index (κ1) is 31.2. The number of carbonyl (C=O) groups is 3. The first-order chi connectivity index (χ1) is 22.0. The molecule has 2 aliphatic heterocycles. The van der Waals surface area contributed by atoms with E-state index in [4.69, 9.17) is 14.7 Å². The second kappa shape index (κ2) is 11.9. The van der Waals surface area contributed by atoms with Crippen LogP contribution in [0.5, 0.6) is 0 Å². The van der Waals surface area contributed by atoms with Crippen molar-refractivity contribution in [2.75, 3.05) is 7.11 Å². The average Bonchev–Trinajstić information content (AvgIpc) is 3.69. The smallest absolute Gasteiger partial charge is 0.306 e. The Bertz CT molecular complexity index is 2030. The minimum absolute atomic E-state index is 0.0107. The summed E-state index contributed by atoms with van der Waals surface area (Å²) in [5, 5.41) is 9.68. The molecule has 6 rings (SSSR count). The summed E-state index contributed by atoms with van der Waals surface area (Å²) in [4.78, 5) is 55.7. The Kier molecular flexibility index (Phi) is 8.04. The fraction of sp³-hybridized carbons (Fsp3) is 0.378. The number of fused-ring (bicyclic) bond motifs is 8. The summed E-state index contributed by atoms with van der Waals surface area (Å²) in [6.07, 6.45) is 3.10. The number of hydrogen-bond acceptors (Lipinski definition) is 6. The van der Waals surface area contributed by atoms with Gasteiger partial charge in [0.05, 0.1) is 36.1 Å². The molecule has 3 aliphatic rings. The van der Waals surface area contributed by atoms with Gasteiger partial charge < -0.3 is 19.8 Å². The third kappa shape index (κ3) is 5.07. The summed E-state index contributed by atoms with van der Waals surface area (Å²) < 4.78 is 5.06. The number of allylic oxidation sites excluding steroid dienone is 2. The molecule has 8 bridgehead atoms. The van der Waals surface area contributed by atoms with Crippen molar-refractivity contribution in [1.29, 1.82) is 0 Å². The SMILES string of the molecule is C=Cc1c(C)c2cc3nc(c4c5[nH]c(cc6nc(cc1[nH]2)C(C)=C6CC)c(C)c5C(=O)CC4CC(=O)OC)[C@@H](CCC(=O)O)C3C. The molecular formula is C37H40N4O5. The predicted molar refractivity (Wildman–Crippen MR) is 180 cm³/mol. The van der Waals surface area contributed by atoms with Gasteiger partial charge in [-0.3, -0.25) is 19.4 Å². The Morgan fingerprint density at radius 2 is 1.78 bits per heavy atom. The zero-order valence-electron chi connectivity index (χ0n) is 27.3. The van der Waals surface area contributed by atoms with E-state index in [-0.39, 0.29) is 36.9 Å². The van der Waals surface area contributed by atoms with Crippen molar-refractivity contribution >= 4 is 57.0 Å². The number of hydrogen-bond donors (Lipinski definition) is 3. The standard InChI is InChI=1S/C37H40N4O5/c1-8-22-17(3)25-14-27-19(5)24(10-11-32(43)44)36(40-27)35-21(13-33(45)46-7)12-31(42)34-20(6)28(41-37(34)35)16-30-23(9-2)18(4)26(39-30)15-29(22)38-25/h8,14-16,19,21,24,38,41H,1,9-13H2,2-7H3,(H,43,44)/t19?,21?,24-/m0/s1. The molecule has 0 spiro atoms. The number of esters is 1. The van der Waals surface area contributed by atoms with Crippen molar-refractivity contribution < 1.29 is 24.2 Å². The van der Waals surface area contributed by atoms with E-state index in [0.717, 1.165) is 79.1 Å². The molecule has 3 aromatic rings. The van der Waals surface area contributed by atoms with E-state index in [1.165, 1.54) is 7.11 Å². The van der Waals surface area contributed by atoms with Crippen LogP contribution in [0.2, 0.25) is 0 Å². The molecule has 0 radical (unpaired) electrons. The Labute approximate surface area is 267 Å². The molecule has 9 heteroatoms. The highest BCUT2D eigenvalue weighted by atomic mass is 16.5. The molecule has 3 N–H and O–H groups in total. The van der Waals surface area contributed by atoms with Crippen molar-refractivity contribution in [3.8, 4) is 0 Å². The quantitative estimate of drug-likeness (QED) is 0.228. The average molecular weight is 621 g/mol. The van der Waals surface area contributed by atoms with Crippen molar-refractivity contribution in [3.63, 3.8) is 0 Å². The van der Waals surface area contributed by atoms with E-state index in [0.29, 0.717) is 17.5 Å². The minimum Gasteiger partial charge on any atom is -0.481 e. The summed E-state index contributed by atoms with van der Waals surface area (Å²) in [6, 6.07) is 6.11. The topological polar surface area (TPSA) is 138 Å². The molecule has 9 nitrogen and oxygen atoms in total. The van der Waals surface area contributed by atoms with Crippen LogP contribution in [-0.2, 0) is 14.3 Å². The lowest BCUT2D eigenvalue weighted by Gasteiger charge is -2.25. The molecule has 5 heterocycles. The first-order valence-electron chi connectivity index (χ1n) is 15.9. The number of ketones is 1. The van der Waals surface area contributed by atoms with E-state index in [2.05, 4.69) is 43.4 Å².